The van der Waals surface area contributed by atoms with Gasteiger partial charge in [0.25, 0.3) is 0 Å². The van der Waals surface area contributed by atoms with Gasteiger partial charge in [-0.2, -0.15) is 4.98 Å². The molecule has 2 aliphatic heterocycles. The Hall–Kier alpha value is -0.650. The lowest BCUT2D eigenvalue weighted by atomic mass is 9.96. The van der Waals surface area contributed by atoms with E-state index in [1.165, 1.54) is 25.7 Å². The smallest absolute Gasteiger partial charge is 0.240 e. The molecule has 21 heavy (non-hydrogen) atoms. The molecule has 1 aromatic heterocycles. The van der Waals surface area contributed by atoms with E-state index >= 15 is 0 Å². The average molecular weight is 315 g/mol. The third-order valence-electron chi connectivity index (χ3n) is 4.60. The van der Waals surface area contributed by atoms with Gasteiger partial charge in [0.05, 0.1) is 6.54 Å². The van der Waals surface area contributed by atoms with Crippen LogP contribution in [0.2, 0.25) is 0 Å². The molecule has 2 unspecified atom stereocenters. The van der Waals surface area contributed by atoms with E-state index in [2.05, 4.69) is 48.2 Å². The molecule has 2 bridgehead atoms. The van der Waals surface area contributed by atoms with Crippen molar-refractivity contribution in [1.82, 2.24) is 20.4 Å². The highest BCUT2D eigenvalue weighted by molar-refractivity contribution is 5.85. The fraction of sp³-hybridized carbons (Fsp3) is 0.867. The zero-order chi connectivity index (χ0) is 14.3. The molecule has 2 saturated heterocycles. The Morgan fingerprint density at radius 2 is 1.86 bits per heavy atom. The van der Waals surface area contributed by atoms with Crippen molar-refractivity contribution in [2.75, 3.05) is 7.05 Å². The van der Waals surface area contributed by atoms with E-state index in [1.807, 2.05) is 0 Å². The maximum absolute atomic E-state index is 5.40. The van der Waals surface area contributed by atoms with Crippen molar-refractivity contribution in [2.45, 2.75) is 76.5 Å². The van der Waals surface area contributed by atoms with Crippen LogP contribution in [0.3, 0.4) is 0 Å². The molecular formula is C15H27ClN4O. The van der Waals surface area contributed by atoms with E-state index in [1.54, 1.807) is 0 Å². The van der Waals surface area contributed by atoms with E-state index in [4.69, 9.17) is 4.52 Å². The van der Waals surface area contributed by atoms with Gasteiger partial charge in [-0.1, -0.05) is 25.9 Å². The summed E-state index contributed by atoms with van der Waals surface area (Å²) in [6.45, 7) is 7.08. The first-order valence-corrected chi connectivity index (χ1v) is 7.71. The van der Waals surface area contributed by atoms with Crippen LogP contribution in [-0.2, 0) is 12.0 Å². The largest absolute Gasteiger partial charge is 0.338 e. The minimum atomic E-state index is -0.0474. The van der Waals surface area contributed by atoms with Gasteiger partial charge >= 0.3 is 0 Å². The lowest BCUT2D eigenvalue weighted by Crippen LogP contribution is -2.46. The Bertz CT molecular complexity index is 458. The lowest BCUT2D eigenvalue weighted by Gasteiger charge is -2.34. The predicted octanol–water partition coefficient (Wildman–Crippen LogP) is 2.50. The van der Waals surface area contributed by atoms with Gasteiger partial charge in [-0.25, -0.2) is 0 Å². The van der Waals surface area contributed by atoms with Gasteiger partial charge in [-0.3, -0.25) is 4.90 Å². The molecule has 3 rings (SSSR count). The molecule has 2 atom stereocenters. The molecule has 0 saturated carbocycles. The molecule has 5 nitrogen and oxygen atoms in total. The van der Waals surface area contributed by atoms with Crippen molar-refractivity contribution in [3.05, 3.63) is 11.7 Å². The van der Waals surface area contributed by atoms with E-state index < -0.39 is 0 Å². The van der Waals surface area contributed by atoms with Crippen molar-refractivity contribution in [3.63, 3.8) is 0 Å². The summed E-state index contributed by atoms with van der Waals surface area (Å²) in [7, 11) is 2.18. The minimum Gasteiger partial charge on any atom is -0.338 e. The van der Waals surface area contributed by atoms with Crippen LogP contribution in [0.4, 0.5) is 0 Å². The summed E-state index contributed by atoms with van der Waals surface area (Å²) in [4.78, 5) is 6.92. The molecule has 3 heterocycles. The zero-order valence-corrected chi connectivity index (χ0v) is 14.2. The van der Waals surface area contributed by atoms with Crippen LogP contribution >= 0.6 is 12.4 Å². The monoisotopic (exact) mass is 314 g/mol. The fourth-order valence-corrected chi connectivity index (χ4v) is 3.35. The molecule has 6 heteroatoms. The van der Waals surface area contributed by atoms with Crippen molar-refractivity contribution in [3.8, 4) is 0 Å². The standard InChI is InChI=1S/C15H26N4O.ClH/c1-15(2,3)14-17-13(20-18-14)9-19(4)12-7-10-5-6-11(8-12)16-10;/h10-12,16H,5-9H2,1-4H3;1H. The molecule has 120 valence electrons. The first kappa shape index (κ1) is 16.7. The number of hydrogen-bond donors (Lipinski definition) is 1. The van der Waals surface area contributed by atoms with E-state index in [0.29, 0.717) is 18.1 Å². The molecular weight excluding hydrogens is 288 g/mol. The molecule has 2 fully saturated rings. The quantitative estimate of drug-likeness (QED) is 0.929. The molecule has 0 amide bonds. The summed E-state index contributed by atoms with van der Waals surface area (Å²) >= 11 is 0. The van der Waals surface area contributed by atoms with Crippen LogP contribution in [0, 0.1) is 0 Å². The zero-order valence-electron chi connectivity index (χ0n) is 13.4. The van der Waals surface area contributed by atoms with Crippen molar-refractivity contribution in [1.29, 1.82) is 0 Å². The summed E-state index contributed by atoms with van der Waals surface area (Å²) in [5, 5.41) is 7.79. The SMILES string of the molecule is CN(Cc1nc(C(C)(C)C)no1)C1CC2CCC(C1)N2.Cl. The third-order valence-corrected chi connectivity index (χ3v) is 4.60. The molecule has 2 aliphatic rings. The average Bonchev–Trinajstić information content (AvgIpc) is 2.96. The normalized spacial score (nSPS) is 28.7. The fourth-order valence-electron chi connectivity index (χ4n) is 3.35. The second-order valence-electron chi connectivity index (χ2n) is 7.44. The second-order valence-corrected chi connectivity index (χ2v) is 7.44. The Morgan fingerprint density at radius 1 is 1.24 bits per heavy atom. The predicted molar refractivity (Wildman–Crippen MR) is 84.7 cm³/mol. The van der Waals surface area contributed by atoms with Gasteiger partial charge in [-0.15, -0.1) is 12.4 Å². The van der Waals surface area contributed by atoms with Crippen LogP contribution < -0.4 is 5.32 Å². The van der Waals surface area contributed by atoms with Gasteiger partial charge in [0.15, 0.2) is 5.82 Å². The van der Waals surface area contributed by atoms with Gasteiger partial charge in [0.1, 0.15) is 0 Å². The van der Waals surface area contributed by atoms with Crippen molar-refractivity contribution in [2.24, 2.45) is 0 Å². The van der Waals surface area contributed by atoms with Gasteiger partial charge in [0.2, 0.25) is 5.89 Å². The number of rotatable bonds is 3. The van der Waals surface area contributed by atoms with E-state index in [0.717, 1.165) is 18.3 Å². The van der Waals surface area contributed by atoms with Crippen molar-refractivity contribution >= 4 is 12.4 Å². The number of aromatic nitrogens is 2. The summed E-state index contributed by atoms with van der Waals surface area (Å²) < 4.78 is 5.40. The molecule has 0 spiro atoms. The Kier molecular flexibility index (Phi) is 4.96. The van der Waals surface area contributed by atoms with Gasteiger partial charge in [-0.05, 0) is 32.7 Å². The van der Waals surface area contributed by atoms with Crippen molar-refractivity contribution < 1.29 is 4.52 Å². The minimum absolute atomic E-state index is 0. The van der Waals surface area contributed by atoms with E-state index in [-0.39, 0.29) is 17.8 Å². The van der Waals surface area contributed by atoms with Gasteiger partial charge < -0.3 is 9.84 Å². The Morgan fingerprint density at radius 3 is 2.38 bits per heavy atom. The topological polar surface area (TPSA) is 54.2 Å². The highest BCUT2D eigenvalue weighted by Gasteiger charge is 2.35. The lowest BCUT2D eigenvalue weighted by molar-refractivity contribution is 0.150. The van der Waals surface area contributed by atoms with Crippen LogP contribution in [0.25, 0.3) is 0 Å². The first-order chi connectivity index (χ1) is 9.41. The number of nitrogens with one attached hydrogen (secondary N) is 1. The number of fused-ring (bicyclic) bond motifs is 2. The number of halogens is 1. The van der Waals surface area contributed by atoms with Crippen LogP contribution in [0.5, 0.6) is 0 Å². The Labute approximate surface area is 133 Å². The summed E-state index contributed by atoms with van der Waals surface area (Å²) in [6, 6.07) is 2.07. The van der Waals surface area contributed by atoms with Gasteiger partial charge in [0, 0.05) is 23.5 Å². The third kappa shape index (κ3) is 3.76. The molecule has 0 aromatic carbocycles. The Balaban J connectivity index is 0.00000161. The van der Waals surface area contributed by atoms with Crippen LogP contribution in [0.15, 0.2) is 4.52 Å². The van der Waals surface area contributed by atoms with Crippen LogP contribution in [0.1, 0.15) is 58.2 Å². The summed E-state index contributed by atoms with van der Waals surface area (Å²) in [6.07, 6.45) is 5.16. The molecule has 0 aliphatic carbocycles. The number of piperidine rings is 1. The second kappa shape index (κ2) is 6.23. The van der Waals surface area contributed by atoms with E-state index in [9.17, 15) is 0 Å². The highest BCUT2D eigenvalue weighted by atomic mass is 35.5. The maximum Gasteiger partial charge on any atom is 0.240 e. The highest BCUT2D eigenvalue weighted by Crippen LogP contribution is 2.29. The molecule has 1 N–H and O–H groups in total. The molecule has 0 radical (unpaired) electrons. The number of nitrogens with zero attached hydrogens (tertiary/aromatic N) is 3. The number of hydrogen-bond acceptors (Lipinski definition) is 5. The first-order valence-electron chi connectivity index (χ1n) is 7.71. The molecule has 1 aromatic rings. The summed E-state index contributed by atoms with van der Waals surface area (Å²) in [5.74, 6) is 1.54. The van der Waals surface area contributed by atoms with Crippen LogP contribution in [-0.4, -0.2) is 40.2 Å². The summed E-state index contributed by atoms with van der Waals surface area (Å²) in [5.41, 5.74) is -0.0474. The maximum atomic E-state index is 5.40.